The first-order chi connectivity index (χ1) is 32.5. The minimum absolute atomic E-state index is 0.127. The third-order valence-corrected chi connectivity index (χ3v) is 14.3. The summed E-state index contributed by atoms with van der Waals surface area (Å²) in [6.07, 6.45) is 18.2. The SMILES string of the molecule is CC1(C)c2cc(/C=C/C3=Cc4ccc(-c5ccc6c(-c7ccccc7)c(-c7ccccc7)c7ccccc7c6c5)cc4CC3)ccc2-c2ccc(N(C3=CCCC=C3)c3ccccc3)cc21. The first-order valence-corrected chi connectivity index (χ1v) is 23.6. The van der Waals surface area contributed by atoms with Crippen LogP contribution in [0.5, 0.6) is 0 Å². The molecule has 0 fully saturated rings. The lowest BCUT2D eigenvalue weighted by molar-refractivity contribution is 0.660. The lowest BCUT2D eigenvalue weighted by Gasteiger charge is -2.29. The highest BCUT2D eigenvalue weighted by Crippen LogP contribution is 2.51. The van der Waals surface area contributed by atoms with E-state index in [0.29, 0.717) is 0 Å². The quantitative estimate of drug-likeness (QED) is 0.138. The Morgan fingerprint density at radius 3 is 1.83 bits per heavy atom. The Morgan fingerprint density at radius 2 is 1.11 bits per heavy atom. The van der Waals surface area contributed by atoms with Crippen LogP contribution in [0.25, 0.3) is 78.2 Å². The number of rotatable bonds is 8. The first kappa shape index (κ1) is 39.8. The summed E-state index contributed by atoms with van der Waals surface area (Å²) < 4.78 is 0. The second kappa shape index (κ2) is 16.4. The largest absolute Gasteiger partial charge is 0.311 e. The van der Waals surface area contributed by atoms with E-state index in [-0.39, 0.29) is 5.41 Å². The zero-order chi connectivity index (χ0) is 44.2. The molecule has 9 aromatic rings. The molecular weight excluding hydrogens is 795 g/mol. The van der Waals surface area contributed by atoms with Crippen LogP contribution in [0.4, 0.5) is 11.4 Å². The van der Waals surface area contributed by atoms with E-state index < -0.39 is 0 Å². The van der Waals surface area contributed by atoms with E-state index in [1.807, 2.05) is 0 Å². The fourth-order valence-corrected chi connectivity index (χ4v) is 11.0. The Bertz CT molecular complexity index is 3470. The molecule has 0 aromatic heterocycles. The third kappa shape index (κ3) is 6.95. The molecule has 3 aliphatic carbocycles. The summed E-state index contributed by atoms with van der Waals surface area (Å²) in [6.45, 7) is 4.78. The van der Waals surface area contributed by atoms with E-state index in [4.69, 9.17) is 0 Å². The van der Waals surface area contributed by atoms with Crippen molar-refractivity contribution in [2.75, 3.05) is 4.90 Å². The highest BCUT2D eigenvalue weighted by atomic mass is 15.1. The Kier molecular flexibility index (Phi) is 9.87. The molecule has 0 heterocycles. The van der Waals surface area contributed by atoms with Crippen LogP contribution in [0.1, 0.15) is 60.9 Å². The minimum atomic E-state index is -0.127. The van der Waals surface area contributed by atoms with Crippen molar-refractivity contribution in [2.45, 2.75) is 44.9 Å². The molecule has 12 rings (SSSR count). The van der Waals surface area contributed by atoms with Crippen LogP contribution >= 0.6 is 0 Å². The molecule has 3 aliphatic rings. The zero-order valence-electron chi connectivity index (χ0n) is 37.6. The van der Waals surface area contributed by atoms with Crippen molar-refractivity contribution >= 4 is 45.1 Å². The lowest BCUT2D eigenvalue weighted by atomic mass is 9.81. The summed E-state index contributed by atoms with van der Waals surface area (Å²) in [4.78, 5) is 2.41. The third-order valence-electron chi connectivity index (χ3n) is 14.3. The van der Waals surface area contributed by atoms with Crippen LogP contribution in [0.2, 0.25) is 0 Å². The number of hydrogen-bond donors (Lipinski definition) is 0. The lowest BCUT2D eigenvalue weighted by Crippen LogP contribution is -2.19. The number of fused-ring (bicyclic) bond motifs is 7. The summed E-state index contributed by atoms with van der Waals surface area (Å²) in [5.74, 6) is 0. The molecule has 0 radical (unpaired) electrons. The van der Waals surface area contributed by atoms with Crippen LogP contribution in [0, 0.1) is 0 Å². The summed E-state index contributed by atoms with van der Waals surface area (Å²) >= 11 is 0. The van der Waals surface area contributed by atoms with Crippen molar-refractivity contribution in [3.8, 4) is 44.5 Å². The zero-order valence-corrected chi connectivity index (χ0v) is 37.6. The van der Waals surface area contributed by atoms with E-state index >= 15 is 0 Å². The summed E-state index contributed by atoms with van der Waals surface area (Å²) in [6, 6.07) is 69.8. The van der Waals surface area contributed by atoms with Crippen LogP contribution in [-0.2, 0) is 11.8 Å². The smallest absolute Gasteiger partial charge is 0.0464 e. The van der Waals surface area contributed by atoms with Gasteiger partial charge in [0.2, 0.25) is 0 Å². The van der Waals surface area contributed by atoms with Gasteiger partial charge in [-0.05, 0) is 162 Å². The van der Waals surface area contributed by atoms with Gasteiger partial charge in [0.1, 0.15) is 0 Å². The number of para-hydroxylation sites is 1. The normalized spacial score (nSPS) is 14.8. The molecule has 0 aliphatic heterocycles. The van der Waals surface area contributed by atoms with E-state index in [1.165, 1.54) is 117 Å². The van der Waals surface area contributed by atoms with E-state index in [9.17, 15) is 0 Å². The van der Waals surface area contributed by atoms with Gasteiger partial charge in [0.15, 0.2) is 0 Å². The predicted molar refractivity (Wildman–Crippen MR) is 282 cm³/mol. The average Bonchev–Trinajstić information content (AvgIpc) is 3.60. The van der Waals surface area contributed by atoms with Crippen molar-refractivity contribution in [2.24, 2.45) is 0 Å². The molecule has 0 N–H and O–H groups in total. The Morgan fingerprint density at radius 1 is 0.470 bits per heavy atom. The van der Waals surface area contributed by atoms with Gasteiger partial charge in [0, 0.05) is 22.5 Å². The Balaban J connectivity index is 0.834. The average molecular weight is 846 g/mol. The number of hydrogen-bond acceptors (Lipinski definition) is 1. The Labute approximate surface area is 389 Å². The van der Waals surface area contributed by atoms with Gasteiger partial charge < -0.3 is 4.90 Å². The van der Waals surface area contributed by atoms with Gasteiger partial charge in [-0.15, -0.1) is 0 Å². The molecule has 1 nitrogen and oxygen atoms in total. The molecule has 316 valence electrons. The van der Waals surface area contributed by atoms with Gasteiger partial charge in [-0.25, -0.2) is 0 Å². The molecule has 0 spiro atoms. The van der Waals surface area contributed by atoms with Crippen molar-refractivity contribution in [3.05, 3.63) is 251 Å². The molecule has 0 bridgehead atoms. The molecular formula is C65H51N. The Hall–Kier alpha value is -7.74. The standard InChI is InChI=1S/C65H51N/c1-65(2)61-40-45(30-36-56(61)57-38-35-54(43-62(57)65)66(52-21-11-5-12-22-52)53-23-13-6-14-24-53)28-27-44-29-31-49-41-50(33-32-48(49)39-44)51-34-37-59-60(42-51)55-25-15-16-26-58(55)63(46-17-7-3-8-18-46)64(59)47-19-9-4-10-20-47/h3-5,7-13,15-28,30,32-43H,6,14,29,31H2,1-2H3/b28-27+. The summed E-state index contributed by atoms with van der Waals surface area (Å²) in [5.41, 5.74) is 21.9. The number of anilines is 2. The summed E-state index contributed by atoms with van der Waals surface area (Å²) in [7, 11) is 0. The van der Waals surface area contributed by atoms with Crippen molar-refractivity contribution < 1.29 is 0 Å². The summed E-state index contributed by atoms with van der Waals surface area (Å²) in [5, 5.41) is 5.13. The molecule has 0 unspecified atom stereocenters. The fourth-order valence-electron chi connectivity index (χ4n) is 11.0. The van der Waals surface area contributed by atoms with Crippen molar-refractivity contribution in [3.63, 3.8) is 0 Å². The maximum absolute atomic E-state index is 2.43. The van der Waals surface area contributed by atoms with Crippen molar-refractivity contribution in [1.29, 1.82) is 0 Å². The van der Waals surface area contributed by atoms with Gasteiger partial charge in [-0.2, -0.15) is 0 Å². The molecule has 0 saturated heterocycles. The monoisotopic (exact) mass is 845 g/mol. The van der Waals surface area contributed by atoms with Crippen LogP contribution in [0.15, 0.2) is 224 Å². The molecule has 0 atom stereocenters. The van der Waals surface area contributed by atoms with Crippen LogP contribution in [0.3, 0.4) is 0 Å². The number of nitrogens with zero attached hydrogens (tertiary/aromatic N) is 1. The van der Waals surface area contributed by atoms with Gasteiger partial charge in [-0.3, -0.25) is 0 Å². The second-order valence-electron chi connectivity index (χ2n) is 18.7. The topological polar surface area (TPSA) is 3.24 Å². The second-order valence-corrected chi connectivity index (χ2v) is 18.7. The molecule has 66 heavy (non-hydrogen) atoms. The highest BCUT2D eigenvalue weighted by Gasteiger charge is 2.36. The predicted octanol–water partition coefficient (Wildman–Crippen LogP) is 17.7. The number of benzene rings is 9. The fraction of sp³-hybridized carbons (Fsp3) is 0.108. The highest BCUT2D eigenvalue weighted by molar-refractivity contribution is 6.22. The van der Waals surface area contributed by atoms with Gasteiger partial charge >= 0.3 is 0 Å². The van der Waals surface area contributed by atoms with E-state index in [0.717, 1.165) is 25.7 Å². The molecule has 1 heteroatoms. The molecule has 9 aromatic carbocycles. The van der Waals surface area contributed by atoms with Gasteiger partial charge in [0.25, 0.3) is 0 Å². The van der Waals surface area contributed by atoms with Crippen LogP contribution < -0.4 is 4.90 Å². The van der Waals surface area contributed by atoms with Gasteiger partial charge in [-0.1, -0.05) is 202 Å². The van der Waals surface area contributed by atoms with Crippen molar-refractivity contribution in [1.82, 2.24) is 0 Å². The first-order valence-electron chi connectivity index (χ1n) is 23.6. The van der Waals surface area contributed by atoms with Crippen LogP contribution in [-0.4, -0.2) is 0 Å². The number of aryl methyl sites for hydroxylation is 1. The van der Waals surface area contributed by atoms with Gasteiger partial charge in [0.05, 0.1) is 0 Å². The van der Waals surface area contributed by atoms with E-state index in [1.54, 1.807) is 0 Å². The maximum Gasteiger partial charge on any atom is 0.0464 e. The maximum atomic E-state index is 2.43. The number of allylic oxidation sites excluding steroid dienone is 5. The molecule has 0 saturated carbocycles. The minimum Gasteiger partial charge on any atom is -0.311 e. The van der Waals surface area contributed by atoms with E-state index in [2.05, 4.69) is 243 Å². The molecule has 0 amide bonds.